The van der Waals surface area contributed by atoms with Crippen LogP contribution >= 0.6 is 11.6 Å². The molecule has 1 aliphatic heterocycles. The van der Waals surface area contributed by atoms with Crippen molar-refractivity contribution in [1.82, 2.24) is 4.98 Å². The van der Waals surface area contributed by atoms with Crippen molar-refractivity contribution >= 4 is 38.4 Å². The Labute approximate surface area is 205 Å². The van der Waals surface area contributed by atoms with Gasteiger partial charge in [-0.25, -0.2) is 8.42 Å². The number of aromatic amines is 1. The number of H-pyrrole nitrogens is 1. The highest BCUT2D eigenvalue weighted by Gasteiger charge is 2.18. The zero-order valence-electron chi connectivity index (χ0n) is 19.6. The number of rotatable bonds is 11. The minimum atomic E-state index is -3.32. The normalized spacial score (nSPS) is 15.6. The van der Waals surface area contributed by atoms with Gasteiger partial charge in [-0.1, -0.05) is 38.5 Å². The number of ether oxygens (including phenoxy) is 2. The van der Waals surface area contributed by atoms with Crippen LogP contribution in [0.3, 0.4) is 0 Å². The van der Waals surface area contributed by atoms with Crippen LogP contribution in [0.2, 0.25) is 0 Å². The van der Waals surface area contributed by atoms with E-state index in [2.05, 4.69) is 16.9 Å². The maximum Gasteiger partial charge on any atom is 0.178 e. The second-order valence-corrected chi connectivity index (χ2v) is 11.2. The Hall–Kier alpha value is -2.35. The molecule has 0 amide bonds. The average Bonchev–Trinajstić information content (AvgIpc) is 3.22. The van der Waals surface area contributed by atoms with E-state index in [0.29, 0.717) is 24.7 Å². The SMILES string of the molecule is CCCCOCCCOc1ccc(-c2cccc(S(=O)(=O)CC)c2)c2c3c([nH]c12)=NCC(Cl)C=3. The van der Waals surface area contributed by atoms with E-state index >= 15 is 0 Å². The van der Waals surface area contributed by atoms with Crippen LogP contribution in [0.15, 0.2) is 46.3 Å². The number of halogens is 1. The van der Waals surface area contributed by atoms with Crippen molar-refractivity contribution in [3.05, 3.63) is 47.1 Å². The van der Waals surface area contributed by atoms with Gasteiger partial charge in [-0.3, -0.25) is 4.99 Å². The number of nitrogens with one attached hydrogen (secondary N) is 1. The predicted octanol–water partition coefficient (Wildman–Crippen LogP) is 4.24. The van der Waals surface area contributed by atoms with Crippen molar-refractivity contribution in [2.24, 2.45) is 4.99 Å². The Morgan fingerprint density at radius 2 is 1.94 bits per heavy atom. The van der Waals surface area contributed by atoms with Gasteiger partial charge in [0.2, 0.25) is 0 Å². The first-order valence-electron chi connectivity index (χ1n) is 11.8. The first kappa shape index (κ1) is 24.8. The number of hydrogen-bond donors (Lipinski definition) is 1. The molecule has 2 heterocycles. The molecule has 4 rings (SSSR count). The van der Waals surface area contributed by atoms with Crippen molar-refractivity contribution in [2.75, 3.05) is 32.1 Å². The molecule has 6 nitrogen and oxygen atoms in total. The molecule has 0 spiro atoms. The highest BCUT2D eigenvalue weighted by atomic mass is 35.5. The van der Waals surface area contributed by atoms with Crippen molar-refractivity contribution < 1.29 is 17.9 Å². The molecule has 1 N–H and O–H groups in total. The van der Waals surface area contributed by atoms with Crippen LogP contribution in [0, 0.1) is 0 Å². The van der Waals surface area contributed by atoms with E-state index in [9.17, 15) is 8.42 Å². The van der Waals surface area contributed by atoms with Crippen molar-refractivity contribution in [3.63, 3.8) is 0 Å². The number of alkyl halides is 1. The smallest absolute Gasteiger partial charge is 0.178 e. The van der Waals surface area contributed by atoms with Gasteiger partial charge >= 0.3 is 0 Å². The van der Waals surface area contributed by atoms with Gasteiger partial charge in [0.05, 0.1) is 34.7 Å². The third-order valence-corrected chi connectivity index (χ3v) is 7.92. The number of hydrogen-bond acceptors (Lipinski definition) is 5. The summed E-state index contributed by atoms with van der Waals surface area (Å²) in [5.74, 6) is 0.787. The third kappa shape index (κ3) is 5.32. The zero-order valence-corrected chi connectivity index (χ0v) is 21.2. The molecular formula is C26H31ClN2O4S. The maximum absolute atomic E-state index is 12.5. The van der Waals surface area contributed by atoms with Crippen LogP contribution in [0.4, 0.5) is 0 Å². The van der Waals surface area contributed by atoms with E-state index in [0.717, 1.165) is 64.4 Å². The van der Waals surface area contributed by atoms with Crippen LogP contribution in [-0.4, -0.2) is 50.9 Å². The molecule has 34 heavy (non-hydrogen) atoms. The van der Waals surface area contributed by atoms with Crippen molar-refractivity contribution in [3.8, 4) is 16.9 Å². The quantitative estimate of drug-likeness (QED) is 0.314. The summed E-state index contributed by atoms with van der Waals surface area (Å²) in [4.78, 5) is 8.33. The van der Waals surface area contributed by atoms with E-state index in [4.69, 9.17) is 21.1 Å². The van der Waals surface area contributed by atoms with Gasteiger partial charge < -0.3 is 14.5 Å². The van der Waals surface area contributed by atoms with Gasteiger partial charge in [-0.2, -0.15) is 0 Å². The largest absolute Gasteiger partial charge is 0.491 e. The Bertz CT molecular complexity index is 1380. The van der Waals surface area contributed by atoms with E-state index in [-0.39, 0.29) is 11.1 Å². The Morgan fingerprint density at radius 1 is 1.12 bits per heavy atom. The number of aromatic nitrogens is 1. The van der Waals surface area contributed by atoms with Gasteiger partial charge in [-0.05, 0) is 41.8 Å². The standard InChI is InChI=1S/C26H31ClN2O4S/c1-3-5-12-32-13-7-14-33-23-11-10-21(18-8-6-9-20(15-18)34(30,31)4-2)24-22-16-19(27)17-28-26(22)29-25(23)24/h6,8-11,15-16,19H,3-5,7,12-14,17H2,1-2H3,(H,28,29). The van der Waals surface area contributed by atoms with Crippen molar-refractivity contribution in [2.45, 2.75) is 43.4 Å². The monoisotopic (exact) mass is 502 g/mol. The molecule has 0 saturated carbocycles. The summed E-state index contributed by atoms with van der Waals surface area (Å²) in [7, 11) is -3.32. The molecule has 182 valence electrons. The zero-order chi connectivity index (χ0) is 24.1. The van der Waals surface area contributed by atoms with E-state index in [1.54, 1.807) is 25.1 Å². The van der Waals surface area contributed by atoms with Gasteiger partial charge in [0, 0.05) is 30.2 Å². The number of fused-ring (bicyclic) bond motifs is 3. The molecule has 0 fully saturated rings. The molecule has 0 bridgehead atoms. The highest BCUT2D eigenvalue weighted by molar-refractivity contribution is 7.91. The fourth-order valence-electron chi connectivity index (χ4n) is 4.07. The van der Waals surface area contributed by atoms with Crippen LogP contribution < -0.4 is 15.4 Å². The maximum atomic E-state index is 12.5. The Morgan fingerprint density at radius 3 is 2.74 bits per heavy atom. The van der Waals surface area contributed by atoms with Crippen molar-refractivity contribution in [1.29, 1.82) is 0 Å². The molecule has 1 atom stereocenters. The van der Waals surface area contributed by atoms with Crippen LogP contribution in [0.25, 0.3) is 28.1 Å². The summed E-state index contributed by atoms with van der Waals surface area (Å²) < 4.78 is 36.7. The summed E-state index contributed by atoms with van der Waals surface area (Å²) in [6.07, 6.45) is 4.99. The van der Waals surface area contributed by atoms with E-state index < -0.39 is 9.84 Å². The molecule has 1 unspecified atom stereocenters. The summed E-state index contributed by atoms with van der Waals surface area (Å²) in [5, 5.41) is 1.66. The molecule has 8 heteroatoms. The summed E-state index contributed by atoms with van der Waals surface area (Å²) in [6.45, 7) is 6.29. The number of sulfone groups is 1. The molecule has 0 aliphatic carbocycles. The molecule has 1 aromatic heterocycles. The van der Waals surface area contributed by atoms with Gasteiger partial charge in [0.15, 0.2) is 9.84 Å². The molecule has 1 aliphatic rings. The average molecular weight is 503 g/mol. The minimum absolute atomic E-state index is 0.0565. The summed E-state index contributed by atoms with van der Waals surface area (Å²) in [6, 6.07) is 11.0. The Kier molecular flexibility index (Phi) is 7.96. The lowest BCUT2D eigenvalue weighted by molar-refractivity contribution is 0.117. The first-order valence-corrected chi connectivity index (χ1v) is 13.9. The number of nitrogens with zero attached hydrogens (tertiary/aromatic N) is 1. The van der Waals surface area contributed by atoms with E-state index in [1.165, 1.54) is 0 Å². The second kappa shape index (κ2) is 10.9. The summed E-state index contributed by atoms with van der Waals surface area (Å²) in [5.41, 5.74) is 3.34. The predicted molar refractivity (Wildman–Crippen MR) is 137 cm³/mol. The third-order valence-electron chi connectivity index (χ3n) is 5.92. The topological polar surface area (TPSA) is 80.8 Å². The van der Waals surface area contributed by atoms with Gasteiger partial charge in [-0.15, -0.1) is 11.6 Å². The fourth-order valence-corrected chi connectivity index (χ4v) is 5.19. The van der Waals surface area contributed by atoms with Crippen LogP contribution in [-0.2, 0) is 14.6 Å². The molecule has 3 aromatic rings. The summed E-state index contributed by atoms with van der Waals surface area (Å²) >= 11 is 6.41. The van der Waals surface area contributed by atoms with Crippen LogP contribution in [0.5, 0.6) is 5.75 Å². The lowest BCUT2D eigenvalue weighted by Crippen LogP contribution is -2.30. The number of benzene rings is 2. The first-order chi connectivity index (χ1) is 16.4. The highest BCUT2D eigenvalue weighted by Crippen LogP contribution is 2.33. The second-order valence-electron chi connectivity index (χ2n) is 8.37. The van der Waals surface area contributed by atoms with Gasteiger partial charge in [0.1, 0.15) is 11.2 Å². The molecule has 2 aromatic carbocycles. The Balaban J connectivity index is 1.73. The molecule has 0 radical (unpaired) electrons. The fraction of sp³-hybridized carbons (Fsp3) is 0.423. The lowest BCUT2D eigenvalue weighted by Gasteiger charge is -2.12. The molecular weight excluding hydrogens is 472 g/mol. The van der Waals surface area contributed by atoms with Crippen LogP contribution in [0.1, 0.15) is 33.1 Å². The lowest BCUT2D eigenvalue weighted by atomic mass is 9.99. The van der Waals surface area contributed by atoms with E-state index in [1.807, 2.05) is 24.3 Å². The number of unbranched alkanes of at least 4 members (excludes halogenated alkanes) is 1. The van der Waals surface area contributed by atoms with Gasteiger partial charge in [0.25, 0.3) is 0 Å². The minimum Gasteiger partial charge on any atom is -0.491 e. The molecule has 0 saturated heterocycles.